The fraction of sp³-hybridized carbons (Fsp3) is 0.100. The van der Waals surface area contributed by atoms with E-state index in [0.29, 0.717) is 0 Å². The van der Waals surface area contributed by atoms with Crippen LogP contribution in [-0.2, 0) is 24.7 Å². The second kappa shape index (κ2) is 14.7. The van der Waals surface area contributed by atoms with Crippen LogP contribution in [-0.4, -0.2) is 0 Å². The van der Waals surface area contributed by atoms with E-state index in [1.807, 2.05) is 0 Å². The van der Waals surface area contributed by atoms with E-state index in [0.717, 1.165) is 12.1 Å². The van der Waals surface area contributed by atoms with Gasteiger partial charge in [0.05, 0.1) is 56.7 Å². The van der Waals surface area contributed by atoms with Crippen molar-refractivity contribution in [2.24, 2.45) is 0 Å². The number of halogens is 12. The van der Waals surface area contributed by atoms with Crippen LogP contribution in [0.2, 0.25) is 0 Å². The molecule has 56 heavy (non-hydrogen) atoms. The quantitative estimate of drug-likeness (QED) is 0.170. The van der Waals surface area contributed by atoms with Crippen molar-refractivity contribution in [2.45, 2.75) is 24.7 Å². The summed E-state index contributed by atoms with van der Waals surface area (Å²) < 4.78 is 170. The number of benzene rings is 5. The lowest BCUT2D eigenvalue weighted by atomic mass is 9.87. The predicted octanol–water partition coefficient (Wildman–Crippen LogP) is 10.3. The third kappa shape index (κ3) is 8.06. The minimum absolute atomic E-state index is 0.199. The average molecular weight is 781 g/mol. The third-order valence-corrected chi connectivity index (χ3v) is 8.35. The zero-order valence-electron chi connectivity index (χ0n) is 27.6. The lowest BCUT2D eigenvalue weighted by molar-refractivity contribution is -0.144. The average Bonchev–Trinajstić information content (AvgIpc) is 3.14. The second-order valence-corrected chi connectivity index (χ2v) is 11.8. The van der Waals surface area contributed by atoms with E-state index < -0.39 is 90.8 Å². The Bertz CT molecular complexity index is 2440. The van der Waals surface area contributed by atoms with E-state index in [-0.39, 0.29) is 58.7 Å². The van der Waals surface area contributed by atoms with Gasteiger partial charge in [-0.2, -0.15) is 73.7 Å². The largest absolute Gasteiger partial charge is 0.416 e. The van der Waals surface area contributed by atoms with Crippen molar-refractivity contribution in [3.63, 3.8) is 0 Å². The van der Waals surface area contributed by atoms with Crippen LogP contribution in [0, 0.1) is 45.3 Å². The van der Waals surface area contributed by atoms with Gasteiger partial charge in [-0.15, -0.1) is 0 Å². The highest BCUT2D eigenvalue weighted by Gasteiger charge is 2.39. The molecule has 0 spiro atoms. The van der Waals surface area contributed by atoms with Gasteiger partial charge in [0.2, 0.25) is 0 Å². The Morgan fingerprint density at radius 3 is 0.929 bits per heavy atom. The van der Waals surface area contributed by atoms with Crippen LogP contribution in [0.4, 0.5) is 52.7 Å². The van der Waals surface area contributed by atoms with E-state index in [4.69, 9.17) is 0 Å². The maximum atomic E-state index is 14.1. The Morgan fingerprint density at radius 2 is 0.679 bits per heavy atom. The summed E-state index contributed by atoms with van der Waals surface area (Å²) in [7, 11) is 0. The molecule has 0 aliphatic rings. The maximum Gasteiger partial charge on any atom is 0.416 e. The first kappa shape index (κ1) is 40.2. The first-order chi connectivity index (χ1) is 26.1. The second-order valence-electron chi connectivity index (χ2n) is 11.8. The Kier molecular flexibility index (Phi) is 10.5. The molecule has 0 bridgehead atoms. The van der Waals surface area contributed by atoms with E-state index in [1.165, 1.54) is 48.5 Å². The molecular formula is C40H16F12N4. The van der Waals surface area contributed by atoms with Crippen LogP contribution in [0.1, 0.15) is 44.5 Å². The van der Waals surface area contributed by atoms with Gasteiger partial charge in [-0.1, -0.05) is 36.4 Å². The molecule has 0 heterocycles. The normalized spacial score (nSPS) is 13.1. The summed E-state index contributed by atoms with van der Waals surface area (Å²) in [5.41, 5.74) is -12.8. The first-order valence-corrected chi connectivity index (χ1v) is 15.4. The number of hydrogen-bond donors (Lipinski definition) is 0. The molecule has 0 radical (unpaired) electrons. The molecule has 5 aromatic carbocycles. The van der Waals surface area contributed by atoms with Crippen molar-refractivity contribution in [1.29, 1.82) is 21.0 Å². The summed E-state index contributed by atoms with van der Waals surface area (Å²) in [5.74, 6) is 0. The standard InChI is InChI=1S/C40H16F12N4/c41-37(42,43)25-9-23(10-26(13-25)38(44,45)46)31-16-34(36(20-56)30-8-4-2-6-22(30)18-54)32(15-33(31)35(19-55)29-7-3-1-5-21(29)17-53)24-11-27(39(47,48)49)14-28(12-24)40(50,51)52/h1-16H/b35-33+,36-34+. The SMILES string of the molecule is N#C/C(c1ccccc1C#N)=c1/cc(-c2cc(C(F)(F)F)cc(C(F)(F)F)c2)/c(=C(\C#N)c2ccccc2C#N)cc1-c1cc(C(F)(F)F)cc(C(F)(F)F)c1. The number of hydrogen-bond acceptors (Lipinski definition) is 4. The zero-order valence-corrected chi connectivity index (χ0v) is 27.6. The molecule has 0 saturated carbocycles. The summed E-state index contributed by atoms with van der Waals surface area (Å²) in [6.45, 7) is 0. The summed E-state index contributed by atoms with van der Waals surface area (Å²) in [6, 6.07) is 19.1. The molecule has 5 aromatic rings. The van der Waals surface area contributed by atoms with E-state index in [1.54, 1.807) is 24.3 Å². The topological polar surface area (TPSA) is 95.2 Å². The molecule has 0 fully saturated rings. The van der Waals surface area contributed by atoms with Gasteiger partial charge in [-0.3, -0.25) is 0 Å². The Hall–Kier alpha value is -7.04. The fourth-order valence-corrected chi connectivity index (χ4v) is 5.84. The van der Waals surface area contributed by atoms with Gasteiger partial charge in [0.1, 0.15) is 12.1 Å². The summed E-state index contributed by atoms with van der Waals surface area (Å²) in [5, 5.41) is 39.3. The molecule has 16 heteroatoms. The molecule has 0 atom stereocenters. The molecule has 0 saturated heterocycles. The molecule has 0 aliphatic carbocycles. The minimum atomic E-state index is -5.41. The molecule has 0 aromatic heterocycles. The Labute approximate surface area is 307 Å². The van der Waals surface area contributed by atoms with E-state index in [2.05, 4.69) is 0 Å². The van der Waals surface area contributed by atoms with Gasteiger partial charge >= 0.3 is 24.7 Å². The molecule has 4 nitrogen and oxygen atoms in total. The van der Waals surface area contributed by atoms with Gasteiger partial charge in [-0.25, -0.2) is 0 Å². The molecular weight excluding hydrogens is 764 g/mol. The van der Waals surface area contributed by atoms with Crippen LogP contribution < -0.4 is 10.4 Å². The van der Waals surface area contributed by atoms with Crippen molar-refractivity contribution >= 4 is 11.1 Å². The summed E-state index contributed by atoms with van der Waals surface area (Å²) >= 11 is 0. The molecule has 0 N–H and O–H groups in total. The van der Waals surface area contributed by atoms with Crippen molar-refractivity contribution in [1.82, 2.24) is 0 Å². The highest BCUT2D eigenvalue weighted by atomic mass is 19.4. The number of rotatable bonds is 4. The summed E-state index contributed by atoms with van der Waals surface area (Å²) in [6.07, 6.45) is -21.6. The first-order valence-electron chi connectivity index (χ1n) is 15.4. The number of nitrogens with zero attached hydrogens (tertiary/aromatic N) is 4. The maximum absolute atomic E-state index is 14.1. The van der Waals surface area contributed by atoms with Crippen molar-refractivity contribution in [2.75, 3.05) is 0 Å². The van der Waals surface area contributed by atoms with Gasteiger partial charge in [0.15, 0.2) is 0 Å². The molecule has 280 valence electrons. The van der Waals surface area contributed by atoms with Crippen molar-refractivity contribution in [3.8, 4) is 46.5 Å². The number of nitriles is 4. The van der Waals surface area contributed by atoms with Crippen LogP contribution in [0.5, 0.6) is 0 Å². The van der Waals surface area contributed by atoms with E-state index >= 15 is 0 Å². The van der Waals surface area contributed by atoms with Crippen molar-refractivity contribution < 1.29 is 52.7 Å². The molecule has 0 unspecified atom stereocenters. The van der Waals surface area contributed by atoms with Crippen LogP contribution in [0.3, 0.4) is 0 Å². The van der Waals surface area contributed by atoms with Crippen LogP contribution in [0.15, 0.2) is 97.1 Å². The minimum Gasteiger partial charge on any atom is -0.192 e. The van der Waals surface area contributed by atoms with E-state index in [9.17, 15) is 73.7 Å². The lowest BCUT2D eigenvalue weighted by Gasteiger charge is -2.18. The van der Waals surface area contributed by atoms with Gasteiger partial charge < -0.3 is 0 Å². The molecule has 0 aliphatic heterocycles. The fourth-order valence-electron chi connectivity index (χ4n) is 5.84. The van der Waals surface area contributed by atoms with Gasteiger partial charge in [-0.05, 0) is 82.9 Å². The zero-order chi connectivity index (χ0) is 41.4. The smallest absolute Gasteiger partial charge is 0.192 e. The van der Waals surface area contributed by atoms with Crippen molar-refractivity contribution in [3.05, 3.63) is 152 Å². The van der Waals surface area contributed by atoms with Gasteiger partial charge in [0, 0.05) is 21.6 Å². The monoisotopic (exact) mass is 780 g/mol. The molecule has 0 amide bonds. The lowest BCUT2D eigenvalue weighted by Crippen LogP contribution is -2.22. The van der Waals surface area contributed by atoms with Crippen LogP contribution >= 0.6 is 0 Å². The third-order valence-electron chi connectivity index (χ3n) is 8.35. The van der Waals surface area contributed by atoms with Gasteiger partial charge in [0.25, 0.3) is 0 Å². The highest BCUT2D eigenvalue weighted by molar-refractivity contribution is 5.89. The number of alkyl halides is 12. The molecule has 5 rings (SSSR count). The van der Waals surface area contributed by atoms with Crippen LogP contribution in [0.25, 0.3) is 33.4 Å². The predicted molar refractivity (Wildman–Crippen MR) is 175 cm³/mol. The summed E-state index contributed by atoms with van der Waals surface area (Å²) in [4.78, 5) is 0. The Balaban J connectivity index is 2.20. The highest BCUT2D eigenvalue weighted by Crippen LogP contribution is 2.40. The Morgan fingerprint density at radius 1 is 0.393 bits per heavy atom.